The standard InChI is InChI=1S/C13H30O9P2/c1-5-11(3)7-19-23(15,16)21-9-13(14)10-22-24(17,18)20-8-12(4)6-2/h11-14H,5-10H2,1-4H3,(H,15,16)(H,17,18). The fraction of sp³-hybridized carbons (Fsp3) is 1.00. The lowest BCUT2D eigenvalue weighted by Crippen LogP contribution is -2.21. The van der Waals surface area contributed by atoms with Crippen molar-refractivity contribution in [1.29, 1.82) is 0 Å². The summed E-state index contributed by atoms with van der Waals surface area (Å²) in [5.41, 5.74) is 0. The second-order valence-electron chi connectivity index (χ2n) is 5.80. The van der Waals surface area contributed by atoms with Gasteiger partial charge in [0.05, 0.1) is 26.4 Å². The summed E-state index contributed by atoms with van der Waals surface area (Å²) < 4.78 is 41.9. The summed E-state index contributed by atoms with van der Waals surface area (Å²) in [7, 11) is -8.57. The van der Waals surface area contributed by atoms with Crippen LogP contribution in [0.15, 0.2) is 0 Å². The molecule has 9 nitrogen and oxygen atoms in total. The molecular formula is C13H30O9P2. The highest BCUT2D eigenvalue weighted by Gasteiger charge is 2.26. The van der Waals surface area contributed by atoms with Crippen LogP contribution in [0.3, 0.4) is 0 Å². The van der Waals surface area contributed by atoms with Crippen molar-refractivity contribution in [3.63, 3.8) is 0 Å². The molecule has 146 valence electrons. The minimum atomic E-state index is -4.29. The molecule has 11 heteroatoms. The molecule has 0 saturated carbocycles. The van der Waals surface area contributed by atoms with Crippen LogP contribution < -0.4 is 0 Å². The van der Waals surface area contributed by atoms with Gasteiger partial charge in [0, 0.05) is 0 Å². The molecule has 0 aromatic carbocycles. The van der Waals surface area contributed by atoms with Crippen molar-refractivity contribution in [2.45, 2.75) is 46.6 Å². The number of aliphatic hydroxyl groups is 1. The van der Waals surface area contributed by atoms with Crippen molar-refractivity contribution in [2.75, 3.05) is 26.4 Å². The smallest absolute Gasteiger partial charge is 0.388 e. The first-order valence-electron chi connectivity index (χ1n) is 7.93. The minimum Gasteiger partial charge on any atom is -0.388 e. The SMILES string of the molecule is CCC(C)COP(=O)(O)OCC(O)COP(=O)(O)OCC(C)CC. The van der Waals surface area contributed by atoms with Crippen molar-refractivity contribution < 1.29 is 42.1 Å². The molecule has 0 spiro atoms. The molecule has 0 rings (SSSR count). The minimum absolute atomic E-state index is 0.0478. The van der Waals surface area contributed by atoms with E-state index in [-0.39, 0.29) is 25.0 Å². The van der Waals surface area contributed by atoms with Crippen molar-refractivity contribution in [3.8, 4) is 0 Å². The Balaban J connectivity index is 4.10. The van der Waals surface area contributed by atoms with E-state index in [1.165, 1.54) is 0 Å². The first-order valence-corrected chi connectivity index (χ1v) is 10.9. The number of hydrogen-bond donors (Lipinski definition) is 3. The van der Waals surface area contributed by atoms with Crippen LogP contribution in [0, 0.1) is 11.8 Å². The maximum absolute atomic E-state index is 11.6. The molecule has 0 radical (unpaired) electrons. The quantitative estimate of drug-likeness (QED) is 0.382. The zero-order valence-electron chi connectivity index (χ0n) is 14.7. The molecule has 0 aromatic heterocycles. The van der Waals surface area contributed by atoms with Gasteiger partial charge in [-0.1, -0.05) is 40.5 Å². The Hall–Kier alpha value is 0.180. The summed E-state index contributed by atoms with van der Waals surface area (Å²) in [5.74, 6) is 0.176. The Morgan fingerprint density at radius 2 is 1.04 bits per heavy atom. The summed E-state index contributed by atoms with van der Waals surface area (Å²) >= 11 is 0. The number of phosphoric acid groups is 2. The van der Waals surface area contributed by atoms with Gasteiger partial charge in [0.15, 0.2) is 0 Å². The Morgan fingerprint density at radius 3 is 1.33 bits per heavy atom. The number of hydrogen-bond acceptors (Lipinski definition) is 7. The summed E-state index contributed by atoms with van der Waals surface area (Å²) in [5, 5.41) is 9.60. The van der Waals surface area contributed by atoms with Gasteiger partial charge in [0.1, 0.15) is 6.10 Å². The van der Waals surface area contributed by atoms with E-state index in [2.05, 4.69) is 9.05 Å². The number of rotatable bonds is 14. The van der Waals surface area contributed by atoms with Gasteiger partial charge in [0.25, 0.3) is 0 Å². The summed E-state index contributed by atoms with van der Waals surface area (Å²) in [6.07, 6.45) is 0.169. The first kappa shape index (κ1) is 24.2. The van der Waals surface area contributed by atoms with Crippen LogP contribution in [0.5, 0.6) is 0 Å². The number of aliphatic hydroxyl groups excluding tert-OH is 1. The highest BCUT2D eigenvalue weighted by Crippen LogP contribution is 2.45. The van der Waals surface area contributed by atoms with Crippen LogP contribution in [0.2, 0.25) is 0 Å². The van der Waals surface area contributed by atoms with Crippen molar-refractivity contribution in [1.82, 2.24) is 0 Å². The van der Waals surface area contributed by atoms with E-state index in [0.717, 1.165) is 12.8 Å². The lowest BCUT2D eigenvalue weighted by atomic mass is 10.1. The van der Waals surface area contributed by atoms with Gasteiger partial charge in [-0.25, -0.2) is 9.13 Å². The fourth-order valence-corrected chi connectivity index (χ4v) is 2.92. The van der Waals surface area contributed by atoms with E-state index in [1.807, 2.05) is 27.7 Å². The molecule has 0 heterocycles. The molecule has 24 heavy (non-hydrogen) atoms. The molecule has 0 aliphatic rings. The van der Waals surface area contributed by atoms with Crippen molar-refractivity contribution >= 4 is 15.6 Å². The summed E-state index contributed by atoms with van der Waals surface area (Å²) in [6.45, 7) is 6.45. The van der Waals surface area contributed by atoms with Crippen LogP contribution in [-0.4, -0.2) is 47.4 Å². The molecule has 0 fully saturated rings. The normalized spacial score (nSPS) is 20.8. The molecule has 3 N–H and O–H groups in total. The highest BCUT2D eigenvalue weighted by molar-refractivity contribution is 7.47. The predicted octanol–water partition coefficient (Wildman–Crippen LogP) is 2.71. The lowest BCUT2D eigenvalue weighted by molar-refractivity contribution is 0.0271. The van der Waals surface area contributed by atoms with Crippen molar-refractivity contribution in [3.05, 3.63) is 0 Å². The van der Waals surface area contributed by atoms with E-state index in [4.69, 9.17) is 9.05 Å². The maximum Gasteiger partial charge on any atom is 0.472 e. The Morgan fingerprint density at radius 1 is 0.750 bits per heavy atom. The largest absolute Gasteiger partial charge is 0.472 e. The average Bonchev–Trinajstić information content (AvgIpc) is 2.54. The maximum atomic E-state index is 11.6. The molecule has 4 atom stereocenters. The van der Waals surface area contributed by atoms with Crippen LogP contribution >= 0.6 is 15.6 Å². The second kappa shape index (κ2) is 11.7. The monoisotopic (exact) mass is 392 g/mol. The zero-order valence-corrected chi connectivity index (χ0v) is 16.4. The van der Waals surface area contributed by atoms with Crippen LogP contribution in [0.1, 0.15) is 40.5 Å². The number of phosphoric ester groups is 2. The Labute approximate surface area is 143 Å². The second-order valence-corrected chi connectivity index (χ2v) is 8.71. The third-order valence-corrected chi connectivity index (χ3v) is 5.20. The molecule has 0 aromatic rings. The first-order chi connectivity index (χ1) is 11.0. The van der Waals surface area contributed by atoms with Crippen molar-refractivity contribution in [2.24, 2.45) is 11.8 Å². The van der Waals surface area contributed by atoms with E-state index in [9.17, 15) is 24.0 Å². The summed E-state index contributed by atoms with van der Waals surface area (Å²) in [4.78, 5) is 18.9. The molecule has 0 aliphatic heterocycles. The highest BCUT2D eigenvalue weighted by atomic mass is 31.2. The van der Waals surface area contributed by atoms with Gasteiger partial charge >= 0.3 is 15.6 Å². The molecule has 0 saturated heterocycles. The lowest BCUT2D eigenvalue weighted by Gasteiger charge is -2.18. The van der Waals surface area contributed by atoms with E-state index >= 15 is 0 Å². The summed E-state index contributed by atoms with van der Waals surface area (Å²) in [6, 6.07) is 0. The van der Waals surface area contributed by atoms with Gasteiger partial charge in [0.2, 0.25) is 0 Å². The van der Waals surface area contributed by atoms with Gasteiger partial charge in [-0.2, -0.15) is 0 Å². The van der Waals surface area contributed by atoms with Gasteiger partial charge in [-0.15, -0.1) is 0 Å². The molecular weight excluding hydrogens is 362 g/mol. The fourth-order valence-electron chi connectivity index (χ4n) is 1.16. The molecule has 0 aliphatic carbocycles. The molecule has 4 unspecified atom stereocenters. The zero-order chi connectivity index (χ0) is 18.8. The van der Waals surface area contributed by atoms with Crippen LogP contribution in [0.4, 0.5) is 0 Å². The van der Waals surface area contributed by atoms with Gasteiger partial charge in [-0.3, -0.25) is 18.1 Å². The van der Waals surface area contributed by atoms with Gasteiger partial charge < -0.3 is 14.9 Å². The van der Waals surface area contributed by atoms with Crippen LogP contribution in [-0.2, 0) is 27.2 Å². The third-order valence-electron chi connectivity index (χ3n) is 3.30. The Bertz CT molecular complexity index is 394. The van der Waals surface area contributed by atoms with E-state index in [0.29, 0.717) is 0 Å². The van der Waals surface area contributed by atoms with Crippen LogP contribution in [0.25, 0.3) is 0 Å². The average molecular weight is 392 g/mol. The predicted molar refractivity (Wildman–Crippen MR) is 88.4 cm³/mol. The molecule has 0 amide bonds. The topological polar surface area (TPSA) is 132 Å². The molecule has 0 bridgehead atoms. The third kappa shape index (κ3) is 12.5. The Kier molecular flexibility index (Phi) is 11.8. The van der Waals surface area contributed by atoms with E-state index < -0.39 is 35.0 Å². The van der Waals surface area contributed by atoms with E-state index in [1.54, 1.807) is 0 Å². The van der Waals surface area contributed by atoms with Gasteiger partial charge in [-0.05, 0) is 11.8 Å².